The minimum absolute atomic E-state index is 0.0696. The Hall–Kier alpha value is -1.84. The molecule has 8 nitrogen and oxygen atoms in total. The highest BCUT2D eigenvalue weighted by Gasteiger charge is 2.49. The summed E-state index contributed by atoms with van der Waals surface area (Å²) in [7, 11) is -1.14. The maximum absolute atomic E-state index is 12.6. The summed E-state index contributed by atoms with van der Waals surface area (Å²) >= 11 is 5.94. The van der Waals surface area contributed by atoms with Crippen molar-refractivity contribution in [3.63, 3.8) is 0 Å². The van der Waals surface area contributed by atoms with E-state index in [1.54, 1.807) is 18.6 Å². The number of fused-ring (bicyclic) bond motifs is 3. The van der Waals surface area contributed by atoms with E-state index in [9.17, 15) is 9.32 Å². The largest absolute Gasteiger partial charge is 0.394 e. The first-order valence-corrected chi connectivity index (χ1v) is 12.2. The second kappa shape index (κ2) is 6.83. The molecule has 2 aromatic rings. The average Bonchev–Trinajstić information content (AvgIpc) is 3.42. The van der Waals surface area contributed by atoms with Gasteiger partial charge in [-0.1, -0.05) is 11.6 Å². The lowest BCUT2D eigenvalue weighted by Crippen LogP contribution is -2.56. The third-order valence-corrected chi connectivity index (χ3v) is 8.86. The van der Waals surface area contributed by atoms with E-state index in [2.05, 4.69) is 24.8 Å². The maximum Gasteiger partial charge on any atom is 0.227 e. The first kappa shape index (κ1) is 18.9. The van der Waals surface area contributed by atoms with Crippen molar-refractivity contribution in [1.82, 2.24) is 19.9 Å². The van der Waals surface area contributed by atoms with Crippen LogP contribution in [0.3, 0.4) is 0 Å². The number of aliphatic hydroxyl groups is 1. The molecule has 6 rings (SSSR count). The van der Waals surface area contributed by atoms with Gasteiger partial charge < -0.3 is 14.9 Å². The summed E-state index contributed by atoms with van der Waals surface area (Å²) in [5.74, 6) is 3.53. The smallest absolute Gasteiger partial charge is 0.227 e. The molecule has 10 heteroatoms. The van der Waals surface area contributed by atoms with Crippen LogP contribution in [0.4, 0.5) is 11.8 Å². The normalized spacial score (nSPS) is 31.1. The highest BCUT2D eigenvalue weighted by Crippen LogP contribution is 2.49. The number of nitrogens with zero attached hydrogens (tertiary/aromatic N) is 6. The van der Waals surface area contributed by atoms with Gasteiger partial charge in [0.25, 0.3) is 0 Å². The molecule has 2 aliphatic carbocycles. The van der Waals surface area contributed by atoms with Crippen molar-refractivity contribution >= 4 is 34.2 Å². The lowest BCUT2D eigenvalue weighted by molar-refractivity contribution is 0.119. The molecule has 0 spiro atoms. The minimum Gasteiger partial charge on any atom is -0.394 e. The van der Waals surface area contributed by atoms with E-state index >= 15 is 0 Å². The summed E-state index contributed by atoms with van der Waals surface area (Å²) in [6.07, 6.45) is 10.0. The molecule has 30 heavy (non-hydrogen) atoms. The number of halogens is 1. The topological polar surface area (TPSA) is 95.3 Å². The van der Waals surface area contributed by atoms with Gasteiger partial charge in [-0.25, -0.2) is 15.0 Å². The summed E-state index contributed by atoms with van der Waals surface area (Å²) in [5.41, 5.74) is -0.312. The van der Waals surface area contributed by atoms with Crippen molar-refractivity contribution in [3.05, 3.63) is 29.4 Å². The molecule has 2 saturated carbocycles. The van der Waals surface area contributed by atoms with E-state index in [0.717, 1.165) is 50.3 Å². The van der Waals surface area contributed by atoms with Gasteiger partial charge in [-0.05, 0) is 38.0 Å². The number of hydrogen-bond acceptors (Lipinski definition) is 8. The molecule has 4 heterocycles. The molecule has 2 bridgehead atoms. The van der Waals surface area contributed by atoms with Crippen molar-refractivity contribution in [1.29, 1.82) is 0 Å². The molecule has 2 aromatic heterocycles. The van der Waals surface area contributed by atoms with Crippen LogP contribution in [0.2, 0.25) is 5.02 Å². The number of piperidine rings is 1. The molecule has 3 fully saturated rings. The van der Waals surface area contributed by atoms with Gasteiger partial charge in [0, 0.05) is 30.9 Å². The Balaban J connectivity index is 1.26. The Morgan fingerprint density at radius 3 is 2.63 bits per heavy atom. The van der Waals surface area contributed by atoms with Gasteiger partial charge in [-0.3, -0.25) is 4.21 Å². The van der Waals surface area contributed by atoms with E-state index in [4.69, 9.17) is 16.6 Å². The molecule has 1 N–H and O–H groups in total. The molecule has 4 atom stereocenters. The number of aromatic nitrogens is 4. The van der Waals surface area contributed by atoms with Crippen LogP contribution in [0.15, 0.2) is 23.5 Å². The monoisotopic (exact) mass is 446 g/mol. The Bertz CT molecular complexity index is 1010. The fourth-order valence-electron chi connectivity index (χ4n) is 5.58. The standard InChI is InChI=1S/C20H23ClN6O2S/c21-13-6-22-17(23-7-13)15-5-14-4-12(15)9-26(14)19-24-8-16-18(25-19)27(11-30(16)29)20(10-28)2-1-3-20/h6-8,12,14-15,28H,1-5,9-11H2/t12?,14?,15?,30-/m0/s1. The number of anilines is 2. The molecular formula is C20H23ClN6O2S. The quantitative estimate of drug-likeness (QED) is 0.762. The molecule has 0 aromatic carbocycles. The average molecular weight is 447 g/mol. The van der Waals surface area contributed by atoms with Gasteiger partial charge in [0.1, 0.15) is 16.6 Å². The molecule has 3 unspecified atom stereocenters. The van der Waals surface area contributed by atoms with Crippen LogP contribution >= 0.6 is 11.6 Å². The molecule has 1 saturated heterocycles. The Kier molecular flexibility index (Phi) is 4.30. The fourth-order valence-corrected chi connectivity index (χ4v) is 6.98. The van der Waals surface area contributed by atoms with Gasteiger partial charge in [-0.2, -0.15) is 4.98 Å². The third-order valence-electron chi connectivity index (χ3n) is 7.39. The summed E-state index contributed by atoms with van der Waals surface area (Å²) in [6.45, 7) is 0.939. The van der Waals surface area contributed by atoms with Crippen LogP contribution in [0, 0.1) is 5.92 Å². The minimum atomic E-state index is -1.14. The van der Waals surface area contributed by atoms with Crippen LogP contribution in [-0.2, 0) is 10.8 Å². The van der Waals surface area contributed by atoms with Crippen LogP contribution in [-0.4, -0.2) is 59.9 Å². The first-order chi connectivity index (χ1) is 14.6. The Labute approximate surface area is 182 Å². The molecule has 0 radical (unpaired) electrons. The summed E-state index contributed by atoms with van der Waals surface area (Å²) in [4.78, 5) is 23.4. The SMILES string of the molecule is O=[S@]1CN(C2(CO)CCC2)c2nc(N3CC4CC3CC4c3ncc(Cl)cn3)ncc21. The number of rotatable bonds is 4. The summed E-state index contributed by atoms with van der Waals surface area (Å²) < 4.78 is 12.6. The van der Waals surface area contributed by atoms with E-state index in [-0.39, 0.29) is 12.1 Å². The zero-order chi connectivity index (χ0) is 20.5. The number of hydrogen-bond donors (Lipinski definition) is 1. The zero-order valence-corrected chi connectivity index (χ0v) is 18.0. The lowest BCUT2D eigenvalue weighted by atomic mass is 9.76. The molecule has 2 aliphatic heterocycles. The summed E-state index contributed by atoms with van der Waals surface area (Å²) in [5, 5.41) is 10.6. The van der Waals surface area contributed by atoms with Crippen LogP contribution < -0.4 is 9.80 Å². The van der Waals surface area contributed by atoms with Gasteiger partial charge >= 0.3 is 0 Å². The van der Waals surface area contributed by atoms with E-state index in [0.29, 0.717) is 39.6 Å². The molecule has 0 amide bonds. The van der Waals surface area contributed by atoms with Crippen molar-refractivity contribution in [3.8, 4) is 0 Å². The van der Waals surface area contributed by atoms with Crippen LogP contribution in [0.1, 0.15) is 43.8 Å². The van der Waals surface area contributed by atoms with Crippen molar-refractivity contribution < 1.29 is 9.32 Å². The zero-order valence-electron chi connectivity index (χ0n) is 16.4. The first-order valence-electron chi connectivity index (χ1n) is 10.5. The van der Waals surface area contributed by atoms with E-state index in [1.165, 1.54) is 0 Å². The maximum atomic E-state index is 12.6. The lowest BCUT2D eigenvalue weighted by Gasteiger charge is -2.47. The molecule has 158 valence electrons. The predicted molar refractivity (Wildman–Crippen MR) is 113 cm³/mol. The van der Waals surface area contributed by atoms with Gasteiger partial charge in [0.05, 0.1) is 34.2 Å². The molecule has 4 aliphatic rings. The molecular weight excluding hydrogens is 424 g/mol. The summed E-state index contributed by atoms with van der Waals surface area (Å²) in [6, 6.07) is 0.355. The van der Waals surface area contributed by atoms with Crippen molar-refractivity contribution in [2.75, 3.05) is 28.8 Å². The highest BCUT2D eigenvalue weighted by atomic mass is 35.5. The van der Waals surface area contributed by atoms with Gasteiger partial charge in [0.15, 0.2) is 5.82 Å². The Morgan fingerprint density at radius 1 is 1.20 bits per heavy atom. The predicted octanol–water partition coefficient (Wildman–Crippen LogP) is 2.10. The number of aliphatic hydroxyl groups excluding tert-OH is 1. The third kappa shape index (κ3) is 2.71. The fraction of sp³-hybridized carbons (Fsp3) is 0.600. The highest BCUT2D eigenvalue weighted by molar-refractivity contribution is 7.85. The van der Waals surface area contributed by atoms with Gasteiger partial charge in [0.2, 0.25) is 5.95 Å². The van der Waals surface area contributed by atoms with Crippen LogP contribution in [0.25, 0.3) is 0 Å². The second-order valence-electron chi connectivity index (χ2n) is 8.90. The van der Waals surface area contributed by atoms with Crippen molar-refractivity contribution in [2.24, 2.45) is 5.92 Å². The van der Waals surface area contributed by atoms with Crippen molar-refractivity contribution in [2.45, 2.75) is 54.5 Å². The van der Waals surface area contributed by atoms with E-state index < -0.39 is 10.8 Å². The van der Waals surface area contributed by atoms with Crippen LogP contribution in [0.5, 0.6) is 0 Å². The second-order valence-corrected chi connectivity index (χ2v) is 10.7. The van der Waals surface area contributed by atoms with E-state index in [1.807, 2.05) is 0 Å². The van der Waals surface area contributed by atoms with Gasteiger partial charge in [-0.15, -0.1) is 0 Å². The Morgan fingerprint density at radius 2 is 2.00 bits per heavy atom.